The van der Waals surface area contributed by atoms with Gasteiger partial charge < -0.3 is 10.1 Å². The quantitative estimate of drug-likeness (QED) is 0.581. The summed E-state index contributed by atoms with van der Waals surface area (Å²) in [5.41, 5.74) is 1.67. The van der Waals surface area contributed by atoms with Gasteiger partial charge in [-0.15, -0.1) is 11.3 Å². The van der Waals surface area contributed by atoms with Gasteiger partial charge in [-0.25, -0.2) is 0 Å². The molecule has 0 aliphatic carbocycles. The monoisotopic (exact) mass is 379 g/mol. The van der Waals surface area contributed by atoms with E-state index in [1.165, 1.54) is 0 Å². The van der Waals surface area contributed by atoms with Crippen molar-refractivity contribution in [1.82, 2.24) is 5.32 Å². The maximum atomic E-state index is 12.4. The van der Waals surface area contributed by atoms with Crippen LogP contribution in [0.15, 0.2) is 72.1 Å². The van der Waals surface area contributed by atoms with E-state index in [2.05, 4.69) is 5.32 Å². The topological polar surface area (TPSA) is 55.4 Å². The fourth-order valence-electron chi connectivity index (χ4n) is 2.71. The van der Waals surface area contributed by atoms with Crippen molar-refractivity contribution in [2.45, 2.75) is 19.4 Å². The second-order valence-corrected chi connectivity index (χ2v) is 7.00. The van der Waals surface area contributed by atoms with Crippen LogP contribution in [0.1, 0.15) is 40.2 Å². The molecule has 0 bridgehead atoms. The van der Waals surface area contributed by atoms with Gasteiger partial charge in [-0.05, 0) is 41.3 Å². The molecule has 1 aromatic heterocycles. The predicted octanol–water partition coefficient (Wildman–Crippen LogP) is 4.63. The van der Waals surface area contributed by atoms with Gasteiger partial charge in [0.05, 0.1) is 6.04 Å². The van der Waals surface area contributed by atoms with E-state index in [9.17, 15) is 9.59 Å². The van der Waals surface area contributed by atoms with Gasteiger partial charge in [-0.3, -0.25) is 9.59 Å². The Morgan fingerprint density at radius 2 is 1.74 bits per heavy atom. The van der Waals surface area contributed by atoms with Gasteiger partial charge in [-0.1, -0.05) is 43.3 Å². The van der Waals surface area contributed by atoms with Gasteiger partial charge in [0.25, 0.3) is 5.91 Å². The Hall–Kier alpha value is -2.92. The number of nitrogens with one attached hydrogen (secondary N) is 1. The Bertz CT molecular complexity index is 874. The van der Waals surface area contributed by atoms with E-state index < -0.39 is 0 Å². The molecular weight excluding hydrogens is 358 g/mol. The third kappa shape index (κ3) is 5.05. The number of hydrogen-bond donors (Lipinski definition) is 1. The molecule has 0 fully saturated rings. The molecule has 1 amide bonds. The van der Waals surface area contributed by atoms with Crippen LogP contribution in [0.3, 0.4) is 0 Å². The van der Waals surface area contributed by atoms with E-state index in [1.54, 1.807) is 35.6 Å². The molecule has 4 nitrogen and oxygen atoms in total. The zero-order chi connectivity index (χ0) is 19.1. The van der Waals surface area contributed by atoms with Crippen LogP contribution in [-0.4, -0.2) is 18.3 Å². The number of thiophene rings is 1. The van der Waals surface area contributed by atoms with Crippen molar-refractivity contribution in [3.8, 4) is 5.75 Å². The first-order valence-corrected chi connectivity index (χ1v) is 9.69. The third-order valence-electron chi connectivity index (χ3n) is 4.13. The molecule has 138 valence electrons. The van der Waals surface area contributed by atoms with Crippen molar-refractivity contribution < 1.29 is 14.3 Å². The lowest BCUT2D eigenvalue weighted by atomic mass is 10.1. The number of Topliss-reactive ketones (excluding diaryl/α,β-unsaturated/α-hetero) is 1. The molecule has 0 unspecified atom stereocenters. The summed E-state index contributed by atoms with van der Waals surface area (Å²) in [6.45, 7) is 1.74. The zero-order valence-corrected chi connectivity index (χ0v) is 15.9. The first-order chi connectivity index (χ1) is 13.2. The first kappa shape index (κ1) is 18.9. The number of rotatable bonds is 8. The normalized spacial score (nSPS) is 11.6. The van der Waals surface area contributed by atoms with Crippen molar-refractivity contribution in [2.75, 3.05) is 6.61 Å². The summed E-state index contributed by atoms with van der Waals surface area (Å²) in [4.78, 5) is 25.2. The number of benzene rings is 2. The maximum absolute atomic E-state index is 12.4. The second-order valence-electron chi connectivity index (χ2n) is 6.02. The standard InChI is InChI=1S/C22H21NO3S/c1-2-19(24)16-10-12-18(13-11-16)26-15-21(25)23-22(20-9-6-14-27-20)17-7-4-3-5-8-17/h3-14,22H,2,15H2,1H3,(H,23,25)/t22-/m0/s1. The average Bonchev–Trinajstić information content (AvgIpc) is 3.25. The van der Waals surface area contributed by atoms with Crippen LogP contribution >= 0.6 is 11.3 Å². The Labute approximate surface area is 162 Å². The van der Waals surface area contributed by atoms with Gasteiger partial charge in [0, 0.05) is 16.9 Å². The van der Waals surface area contributed by atoms with Gasteiger partial charge in [0.2, 0.25) is 0 Å². The molecule has 0 aliphatic rings. The summed E-state index contributed by atoms with van der Waals surface area (Å²) in [5.74, 6) is 0.442. The fourth-order valence-corrected chi connectivity index (χ4v) is 3.51. The maximum Gasteiger partial charge on any atom is 0.258 e. The van der Waals surface area contributed by atoms with Crippen LogP contribution in [0.25, 0.3) is 0 Å². The summed E-state index contributed by atoms with van der Waals surface area (Å²) in [5, 5.41) is 5.03. The number of ketones is 1. The van der Waals surface area contributed by atoms with E-state index in [0.717, 1.165) is 10.4 Å². The highest BCUT2D eigenvalue weighted by Gasteiger charge is 2.18. The lowest BCUT2D eigenvalue weighted by molar-refractivity contribution is -0.123. The molecular formula is C22H21NO3S. The largest absolute Gasteiger partial charge is 0.484 e. The Morgan fingerprint density at radius 3 is 2.37 bits per heavy atom. The first-order valence-electron chi connectivity index (χ1n) is 8.81. The molecule has 2 aromatic carbocycles. The van der Waals surface area contributed by atoms with Crippen molar-refractivity contribution in [3.63, 3.8) is 0 Å². The number of carbonyl (C=O) groups excluding carboxylic acids is 2. The fraction of sp³-hybridized carbons (Fsp3) is 0.182. The SMILES string of the molecule is CCC(=O)c1ccc(OCC(=O)N[C@@H](c2ccccc2)c2cccs2)cc1. The number of ether oxygens (including phenoxy) is 1. The molecule has 1 atom stereocenters. The molecule has 0 aliphatic heterocycles. The Kier molecular flexibility index (Phi) is 6.39. The molecule has 5 heteroatoms. The van der Waals surface area contributed by atoms with Crippen molar-refractivity contribution in [1.29, 1.82) is 0 Å². The van der Waals surface area contributed by atoms with E-state index >= 15 is 0 Å². The van der Waals surface area contributed by atoms with Crippen LogP contribution in [0.5, 0.6) is 5.75 Å². The summed E-state index contributed by atoms with van der Waals surface area (Å²) in [7, 11) is 0. The molecule has 3 rings (SSSR count). The van der Waals surface area contributed by atoms with Crippen LogP contribution in [-0.2, 0) is 4.79 Å². The molecule has 1 heterocycles. The molecule has 1 N–H and O–H groups in total. The van der Waals surface area contributed by atoms with E-state index in [1.807, 2.05) is 54.8 Å². The van der Waals surface area contributed by atoms with Gasteiger partial charge in [0.15, 0.2) is 12.4 Å². The highest BCUT2D eigenvalue weighted by atomic mass is 32.1. The number of hydrogen-bond acceptors (Lipinski definition) is 4. The summed E-state index contributed by atoms with van der Waals surface area (Å²) in [6, 6.07) is 20.5. The highest BCUT2D eigenvalue weighted by Crippen LogP contribution is 2.25. The summed E-state index contributed by atoms with van der Waals surface area (Å²) >= 11 is 1.60. The molecule has 0 radical (unpaired) electrons. The van der Waals surface area contributed by atoms with Crippen molar-refractivity contribution in [2.24, 2.45) is 0 Å². The zero-order valence-electron chi connectivity index (χ0n) is 15.1. The smallest absolute Gasteiger partial charge is 0.258 e. The third-order valence-corrected chi connectivity index (χ3v) is 5.07. The minimum atomic E-state index is -0.203. The number of amides is 1. The summed E-state index contributed by atoms with van der Waals surface area (Å²) < 4.78 is 5.57. The minimum Gasteiger partial charge on any atom is -0.484 e. The van der Waals surface area contributed by atoms with Crippen LogP contribution in [0.4, 0.5) is 0 Å². The Balaban J connectivity index is 1.62. The van der Waals surface area contributed by atoms with Gasteiger partial charge in [-0.2, -0.15) is 0 Å². The van der Waals surface area contributed by atoms with E-state index in [4.69, 9.17) is 4.74 Å². The molecule has 27 heavy (non-hydrogen) atoms. The second kappa shape index (κ2) is 9.14. The minimum absolute atomic E-state index is 0.0842. The molecule has 0 spiro atoms. The Morgan fingerprint density at radius 1 is 1.00 bits per heavy atom. The predicted molar refractivity (Wildman–Crippen MR) is 107 cm³/mol. The van der Waals surface area contributed by atoms with E-state index in [0.29, 0.717) is 17.7 Å². The van der Waals surface area contributed by atoms with Gasteiger partial charge >= 0.3 is 0 Å². The number of carbonyl (C=O) groups is 2. The lowest BCUT2D eigenvalue weighted by Crippen LogP contribution is -2.32. The molecule has 0 saturated carbocycles. The van der Waals surface area contributed by atoms with E-state index in [-0.39, 0.29) is 24.3 Å². The summed E-state index contributed by atoms with van der Waals surface area (Å²) in [6.07, 6.45) is 0.464. The van der Waals surface area contributed by atoms with Crippen LogP contribution in [0.2, 0.25) is 0 Å². The van der Waals surface area contributed by atoms with Crippen molar-refractivity contribution >= 4 is 23.0 Å². The van der Waals surface area contributed by atoms with Gasteiger partial charge in [0.1, 0.15) is 5.75 Å². The van der Waals surface area contributed by atoms with Crippen molar-refractivity contribution in [3.05, 3.63) is 88.1 Å². The molecule has 3 aromatic rings. The van der Waals surface area contributed by atoms with Crippen LogP contribution in [0, 0.1) is 0 Å². The molecule has 0 saturated heterocycles. The average molecular weight is 379 g/mol. The van der Waals surface area contributed by atoms with Crippen LogP contribution < -0.4 is 10.1 Å². The highest BCUT2D eigenvalue weighted by molar-refractivity contribution is 7.10. The lowest BCUT2D eigenvalue weighted by Gasteiger charge is -2.18.